The molecule has 0 heterocycles. The molecule has 1 aromatic rings. The molecule has 0 aliphatic carbocycles. The van der Waals surface area contributed by atoms with E-state index < -0.39 is 5.97 Å². The van der Waals surface area contributed by atoms with Gasteiger partial charge in [-0.05, 0) is 31.5 Å². The minimum absolute atomic E-state index is 0.0325. The van der Waals surface area contributed by atoms with Gasteiger partial charge < -0.3 is 9.84 Å². The van der Waals surface area contributed by atoms with E-state index >= 15 is 0 Å². The van der Waals surface area contributed by atoms with Crippen molar-refractivity contribution < 1.29 is 19.4 Å². The van der Waals surface area contributed by atoms with Crippen LogP contribution < -0.4 is 4.74 Å². The van der Waals surface area contributed by atoms with Gasteiger partial charge in [0.1, 0.15) is 17.6 Å². The number of aliphatic carboxylic acids is 1. The van der Waals surface area contributed by atoms with Gasteiger partial charge in [-0.15, -0.1) is 0 Å². The van der Waals surface area contributed by atoms with Gasteiger partial charge in [0.15, 0.2) is 0 Å². The summed E-state index contributed by atoms with van der Waals surface area (Å²) >= 11 is 0. The van der Waals surface area contributed by atoms with Crippen molar-refractivity contribution >= 4 is 11.8 Å². The molecule has 0 radical (unpaired) electrons. The number of benzene rings is 1. The third-order valence-electron chi connectivity index (χ3n) is 2.18. The number of hydrogen-bond donors (Lipinski definition) is 1. The maximum atomic E-state index is 10.9. The molecular weight excluding hydrogens is 220 g/mol. The van der Waals surface area contributed by atoms with Crippen LogP contribution in [0.5, 0.6) is 5.75 Å². The molecule has 92 valence electrons. The normalized spacial score (nSPS) is 11.9. The summed E-state index contributed by atoms with van der Waals surface area (Å²) in [6, 6.07) is 7.11. The molecule has 0 fully saturated rings. The highest BCUT2D eigenvalue weighted by molar-refractivity contribution is 5.78. The number of carboxylic acids is 1. The van der Waals surface area contributed by atoms with E-state index in [1.54, 1.807) is 26.0 Å². The molecule has 0 saturated carbocycles. The van der Waals surface area contributed by atoms with Gasteiger partial charge in [0, 0.05) is 6.42 Å². The average Bonchev–Trinajstić information content (AvgIpc) is 2.18. The van der Waals surface area contributed by atoms with E-state index in [4.69, 9.17) is 9.84 Å². The molecule has 0 aliphatic heterocycles. The Bertz CT molecular complexity index is 394. The number of ether oxygens (including phenoxy) is 1. The molecule has 1 rings (SSSR count). The van der Waals surface area contributed by atoms with Crippen LogP contribution in [0.25, 0.3) is 0 Å². The van der Waals surface area contributed by atoms with E-state index in [0.29, 0.717) is 12.2 Å². The van der Waals surface area contributed by atoms with Crippen molar-refractivity contribution in [3.8, 4) is 5.75 Å². The van der Waals surface area contributed by atoms with E-state index in [1.165, 1.54) is 0 Å². The second-order valence-electron chi connectivity index (χ2n) is 4.05. The number of carboxylic acid groups (broad SMARTS) is 1. The topological polar surface area (TPSA) is 63.6 Å². The number of ketones is 1. The molecule has 1 N–H and O–H groups in total. The second kappa shape index (κ2) is 6.03. The van der Waals surface area contributed by atoms with Crippen LogP contribution >= 0.6 is 0 Å². The van der Waals surface area contributed by atoms with Crippen LogP contribution in [0.1, 0.15) is 25.8 Å². The zero-order valence-electron chi connectivity index (χ0n) is 9.97. The molecule has 1 aromatic carbocycles. The Balaban J connectivity index is 2.56. The predicted molar refractivity (Wildman–Crippen MR) is 63.2 cm³/mol. The van der Waals surface area contributed by atoms with Crippen molar-refractivity contribution in [2.45, 2.75) is 32.8 Å². The molecule has 0 bridgehead atoms. The van der Waals surface area contributed by atoms with Crippen molar-refractivity contribution in [3.05, 3.63) is 29.8 Å². The number of carbonyl (C=O) groups excluding carboxylic acids is 1. The van der Waals surface area contributed by atoms with Gasteiger partial charge in [0.25, 0.3) is 0 Å². The lowest BCUT2D eigenvalue weighted by Crippen LogP contribution is -2.16. The van der Waals surface area contributed by atoms with Gasteiger partial charge in [0.2, 0.25) is 0 Å². The zero-order valence-corrected chi connectivity index (χ0v) is 9.97. The third kappa shape index (κ3) is 5.15. The Morgan fingerprint density at radius 1 is 1.29 bits per heavy atom. The molecule has 0 spiro atoms. The SMILES string of the molecule is CC(=O)Cc1ccc(O[C@@H](C)CC(=O)O)cc1. The number of rotatable bonds is 6. The monoisotopic (exact) mass is 236 g/mol. The second-order valence-corrected chi connectivity index (χ2v) is 4.05. The minimum atomic E-state index is -0.884. The first-order valence-corrected chi connectivity index (χ1v) is 5.44. The summed E-state index contributed by atoms with van der Waals surface area (Å²) in [5.41, 5.74) is 0.927. The first-order chi connectivity index (χ1) is 7.97. The average molecular weight is 236 g/mol. The van der Waals surface area contributed by atoms with Crippen molar-refractivity contribution in [1.82, 2.24) is 0 Å². The van der Waals surface area contributed by atoms with Crippen LogP contribution in [0.4, 0.5) is 0 Å². The number of carbonyl (C=O) groups is 2. The Morgan fingerprint density at radius 2 is 1.88 bits per heavy atom. The van der Waals surface area contributed by atoms with E-state index in [1.807, 2.05) is 12.1 Å². The Kier molecular flexibility index (Phi) is 4.69. The van der Waals surface area contributed by atoms with Crippen molar-refractivity contribution in [2.24, 2.45) is 0 Å². The van der Waals surface area contributed by atoms with Crippen molar-refractivity contribution in [2.75, 3.05) is 0 Å². The highest BCUT2D eigenvalue weighted by Gasteiger charge is 2.09. The van der Waals surface area contributed by atoms with Crippen LogP contribution in [0.2, 0.25) is 0 Å². The first kappa shape index (κ1) is 13.2. The van der Waals surface area contributed by atoms with E-state index in [0.717, 1.165) is 5.56 Å². The van der Waals surface area contributed by atoms with Crippen molar-refractivity contribution in [3.63, 3.8) is 0 Å². The highest BCUT2D eigenvalue weighted by Crippen LogP contribution is 2.15. The van der Waals surface area contributed by atoms with Crippen LogP contribution in [-0.2, 0) is 16.0 Å². The van der Waals surface area contributed by atoms with Gasteiger partial charge in [-0.25, -0.2) is 0 Å². The summed E-state index contributed by atoms with van der Waals surface area (Å²) in [7, 11) is 0. The quantitative estimate of drug-likeness (QED) is 0.821. The molecule has 0 amide bonds. The molecule has 0 aliphatic rings. The summed E-state index contributed by atoms with van der Waals surface area (Å²) in [5, 5.41) is 8.59. The highest BCUT2D eigenvalue weighted by atomic mass is 16.5. The molecule has 17 heavy (non-hydrogen) atoms. The maximum absolute atomic E-state index is 10.9. The summed E-state index contributed by atoms with van der Waals surface area (Å²) in [6.45, 7) is 3.25. The summed E-state index contributed by atoms with van der Waals surface area (Å²) in [6.07, 6.45) is 0.00586. The lowest BCUT2D eigenvalue weighted by atomic mass is 10.1. The molecule has 4 heteroatoms. The largest absolute Gasteiger partial charge is 0.490 e. The molecule has 1 atom stereocenters. The summed E-state index contributed by atoms with van der Waals surface area (Å²) in [4.78, 5) is 21.4. The molecule has 4 nitrogen and oxygen atoms in total. The van der Waals surface area contributed by atoms with Crippen LogP contribution in [0.15, 0.2) is 24.3 Å². The van der Waals surface area contributed by atoms with Gasteiger partial charge in [-0.1, -0.05) is 12.1 Å². The first-order valence-electron chi connectivity index (χ1n) is 5.44. The Hall–Kier alpha value is -1.84. The molecular formula is C13H16O4. The summed E-state index contributed by atoms with van der Waals surface area (Å²) < 4.78 is 5.42. The Labute approximate surface area is 100 Å². The predicted octanol–water partition coefficient (Wildman–Crippen LogP) is 2.06. The fourth-order valence-corrected chi connectivity index (χ4v) is 1.49. The van der Waals surface area contributed by atoms with E-state index in [-0.39, 0.29) is 18.3 Å². The van der Waals surface area contributed by atoms with Crippen LogP contribution in [-0.4, -0.2) is 23.0 Å². The van der Waals surface area contributed by atoms with Crippen LogP contribution in [0, 0.1) is 0 Å². The Morgan fingerprint density at radius 3 is 2.35 bits per heavy atom. The molecule has 0 saturated heterocycles. The lowest BCUT2D eigenvalue weighted by molar-refractivity contribution is -0.138. The fraction of sp³-hybridized carbons (Fsp3) is 0.385. The van der Waals surface area contributed by atoms with Gasteiger partial charge in [0.05, 0.1) is 6.42 Å². The maximum Gasteiger partial charge on any atom is 0.307 e. The molecule has 0 unspecified atom stereocenters. The van der Waals surface area contributed by atoms with E-state index in [2.05, 4.69) is 0 Å². The van der Waals surface area contributed by atoms with Gasteiger partial charge >= 0.3 is 5.97 Å². The van der Waals surface area contributed by atoms with Crippen molar-refractivity contribution in [1.29, 1.82) is 0 Å². The lowest BCUT2D eigenvalue weighted by Gasteiger charge is -2.12. The minimum Gasteiger partial charge on any atom is -0.490 e. The number of hydrogen-bond acceptors (Lipinski definition) is 3. The molecule has 0 aromatic heterocycles. The fourth-order valence-electron chi connectivity index (χ4n) is 1.49. The number of Topliss-reactive ketones (excluding diaryl/α,β-unsaturated/α-hetero) is 1. The smallest absolute Gasteiger partial charge is 0.307 e. The zero-order chi connectivity index (χ0) is 12.8. The third-order valence-corrected chi connectivity index (χ3v) is 2.18. The van der Waals surface area contributed by atoms with Gasteiger partial charge in [-0.3, -0.25) is 9.59 Å². The van der Waals surface area contributed by atoms with Gasteiger partial charge in [-0.2, -0.15) is 0 Å². The summed E-state index contributed by atoms with van der Waals surface area (Å²) in [5.74, 6) is -0.158. The van der Waals surface area contributed by atoms with E-state index in [9.17, 15) is 9.59 Å². The standard InChI is InChI=1S/C13H16O4/c1-9(14)7-11-3-5-12(6-4-11)17-10(2)8-13(15)16/h3-6,10H,7-8H2,1-2H3,(H,15,16)/t10-/m0/s1. The van der Waals surface area contributed by atoms with Crippen LogP contribution in [0.3, 0.4) is 0 Å².